The minimum atomic E-state index is 1.07. The average molecular weight is 211 g/mol. The van der Waals surface area contributed by atoms with Crippen LogP contribution in [0.5, 0.6) is 0 Å². The molecular weight excluding hydrogens is 202 g/mol. The zero-order chi connectivity index (χ0) is 10.3. The fraction of sp³-hybridized carbons (Fsp3) is 0. The average Bonchev–Trinajstić information content (AvgIpc) is 2.30. The Bertz CT molecular complexity index is 462. The summed E-state index contributed by atoms with van der Waals surface area (Å²) < 4.78 is 0. The van der Waals surface area contributed by atoms with Crippen LogP contribution in [0.25, 0.3) is 0 Å². The molecule has 0 fully saturated rings. The van der Waals surface area contributed by atoms with E-state index < -0.39 is 0 Å². The van der Waals surface area contributed by atoms with Gasteiger partial charge in [0, 0.05) is 9.79 Å². The van der Waals surface area contributed by atoms with Crippen LogP contribution in [0, 0.1) is 7.05 Å². The summed E-state index contributed by atoms with van der Waals surface area (Å²) in [5.41, 5.74) is 2.14. The lowest BCUT2D eigenvalue weighted by molar-refractivity contribution is 1.16. The first-order chi connectivity index (χ1) is 7.36. The molecule has 1 nitrogen and oxygen atoms in total. The first-order valence-corrected chi connectivity index (χ1v) is 5.58. The number of hydrogen-bond donors (Lipinski definition) is 0. The van der Waals surface area contributed by atoms with Crippen LogP contribution < -0.4 is 4.90 Å². The van der Waals surface area contributed by atoms with Gasteiger partial charge in [-0.1, -0.05) is 36.0 Å². The zero-order valence-corrected chi connectivity index (χ0v) is 8.87. The summed E-state index contributed by atoms with van der Waals surface area (Å²) in [4.78, 5) is 4.17. The molecule has 0 unspecified atom stereocenters. The van der Waals surface area contributed by atoms with E-state index in [4.69, 9.17) is 7.05 Å². The van der Waals surface area contributed by atoms with E-state index in [1.54, 1.807) is 16.7 Å². The van der Waals surface area contributed by atoms with Gasteiger partial charge < -0.3 is 4.90 Å². The number of rotatable bonds is 0. The van der Waals surface area contributed by atoms with E-state index in [-0.39, 0.29) is 0 Å². The monoisotopic (exact) mass is 211 g/mol. The second kappa shape index (κ2) is 3.31. The van der Waals surface area contributed by atoms with Crippen molar-refractivity contribution in [3.8, 4) is 0 Å². The quantitative estimate of drug-likeness (QED) is 0.649. The normalized spacial score (nSPS) is 13.3. The first-order valence-electron chi connectivity index (χ1n) is 4.77. The minimum absolute atomic E-state index is 1.07. The molecule has 2 radical (unpaired) electrons. The molecule has 1 aliphatic heterocycles. The third kappa shape index (κ3) is 1.33. The molecule has 0 N–H and O–H groups in total. The van der Waals surface area contributed by atoms with E-state index in [1.807, 2.05) is 36.4 Å². The molecular formula is C13H9NS. The number of para-hydroxylation sites is 2. The van der Waals surface area contributed by atoms with Crippen molar-refractivity contribution < 1.29 is 0 Å². The summed E-state index contributed by atoms with van der Waals surface area (Å²) >= 11 is 1.76. The molecule has 0 saturated carbocycles. The lowest BCUT2D eigenvalue weighted by Crippen LogP contribution is -2.11. The molecule has 0 bridgehead atoms. The van der Waals surface area contributed by atoms with Gasteiger partial charge in [-0.15, -0.1) is 0 Å². The second-order valence-electron chi connectivity index (χ2n) is 3.41. The van der Waals surface area contributed by atoms with E-state index in [1.165, 1.54) is 9.79 Å². The highest BCUT2D eigenvalue weighted by atomic mass is 32.2. The number of benzene rings is 2. The fourth-order valence-electron chi connectivity index (χ4n) is 1.73. The Morgan fingerprint density at radius 1 is 0.800 bits per heavy atom. The molecule has 15 heavy (non-hydrogen) atoms. The van der Waals surface area contributed by atoms with Gasteiger partial charge in [-0.25, -0.2) is 0 Å². The van der Waals surface area contributed by atoms with Gasteiger partial charge in [-0.3, -0.25) is 0 Å². The standard InChI is InChI=1S/C13H9NS/c1-14-10-6-2-4-8-12(10)15-13-9-5-3-7-11(13)14/h1-9H. The Balaban J connectivity index is 2.20. The van der Waals surface area contributed by atoms with Crippen LogP contribution in [-0.2, 0) is 0 Å². The van der Waals surface area contributed by atoms with Gasteiger partial charge in [0.25, 0.3) is 0 Å². The van der Waals surface area contributed by atoms with E-state index in [2.05, 4.69) is 12.1 Å². The van der Waals surface area contributed by atoms with Crippen LogP contribution in [0.4, 0.5) is 11.4 Å². The highest BCUT2D eigenvalue weighted by Gasteiger charge is 2.19. The van der Waals surface area contributed by atoms with Crippen LogP contribution in [-0.4, -0.2) is 0 Å². The molecule has 1 aliphatic rings. The van der Waals surface area contributed by atoms with Crippen LogP contribution in [0.3, 0.4) is 0 Å². The van der Waals surface area contributed by atoms with Gasteiger partial charge in [-0.2, -0.15) is 0 Å². The smallest absolute Gasteiger partial charge is 0.0800 e. The van der Waals surface area contributed by atoms with Crippen molar-refractivity contribution in [2.45, 2.75) is 9.79 Å². The van der Waals surface area contributed by atoms with E-state index in [9.17, 15) is 0 Å². The van der Waals surface area contributed by atoms with Crippen LogP contribution in [0.1, 0.15) is 0 Å². The molecule has 2 aromatic rings. The van der Waals surface area contributed by atoms with Gasteiger partial charge in [-0.05, 0) is 24.3 Å². The largest absolute Gasteiger partial charge is 0.332 e. The molecule has 72 valence electrons. The minimum Gasteiger partial charge on any atom is -0.332 e. The van der Waals surface area contributed by atoms with Crippen LogP contribution in [0.2, 0.25) is 0 Å². The highest BCUT2D eigenvalue weighted by molar-refractivity contribution is 7.99. The lowest BCUT2D eigenvalue weighted by atomic mass is 10.2. The molecule has 0 amide bonds. The Kier molecular flexibility index (Phi) is 1.96. The van der Waals surface area contributed by atoms with E-state index >= 15 is 0 Å². The molecule has 0 aliphatic carbocycles. The van der Waals surface area contributed by atoms with Crippen LogP contribution in [0.15, 0.2) is 58.3 Å². The number of hydrogen-bond acceptors (Lipinski definition) is 2. The Morgan fingerprint density at radius 2 is 1.27 bits per heavy atom. The van der Waals surface area contributed by atoms with Crippen molar-refractivity contribution in [3.05, 3.63) is 55.6 Å². The fourth-order valence-corrected chi connectivity index (χ4v) is 2.81. The zero-order valence-electron chi connectivity index (χ0n) is 8.05. The number of fused-ring (bicyclic) bond motifs is 2. The maximum Gasteiger partial charge on any atom is 0.0800 e. The summed E-state index contributed by atoms with van der Waals surface area (Å²) in [5, 5.41) is 0. The van der Waals surface area contributed by atoms with Crippen LogP contribution >= 0.6 is 11.8 Å². The van der Waals surface area contributed by atoms with Crippen molar-refractivity contribution in [1.29, 1.82) is 0 Å². The maximum absolute atomic E-state index is 6.08. The molecule has 0 spiro atoms. The van der Waals surface area contributed by atoms with Gasteiger partial charge in [0.05, 0.1) is 18.4 Å². The summed E-state index contributed by atoms with van der Waals surface area (Å²) in [7, 11) is 6.08. The Hall–Kier alpha value is -1.41. The molecule has 2 heteroatoms. The third-order valence-corrected chi connectivity index (χ3v) is 3.60. The summed E-state index contributed by atoms with van der Waals surface area (Å²) in [5.74, 6) is 0. The predicted octanol–water partition coefficient (Wildman–Crippen LogP) is 3.96. The molecule has 3 rings (SSSR count). The summed E-state index contributed by atoms with van der Waals surface area (Å²) in [6.45, 7) is 0. The summed E-state index contributed by atoms with van der Waals surface area (Å²) in [6.07, 6.45) is 0. The van der Waals surface area contributed by atoms with Crippen molar-refractivity contribution in [1.82, 2.24) is 0 Å². The van der Waals surface area contributed by atoms with Crippen molar-refractivity contribution >= 4 is 23.1 Å². The third-order valence-electron chi connectivity index (χ3n) is 2.47. The SMILES string of the molecule is [CH]N1c2ccccc2Sc2ccccc21. The molecule has 0 aromatic heterocycles. The maximum atomic E-state index is 6.08. The predicted molar refractivity (Wildman–Crippen MR) is 63.4 cm³/mol. The molecule has 2 aromatic carbocycles. The molecule has 0 saturated heterocycles. The van der Waals surface area contributed by atoms with Gasteiger partial charge in [0.2, 0.25) is 0 Å². The van der Waals surface area contributed by atoms with Crippen molar-refractivity contribution in [3.63, 3.8) is 0 Å². The number of anilines is 2. The second-order valence-corrected chi connectivity index (χ2v) is 4.49. The van der Waals surface area contributed by atoms with Gasteiger partial charge in [0.15, 0.2) is 0 Å². The topological polar surface area (TPSA) is 3.24 Å². The highest BCUT2D eigenvalue weighted by Crippen LogP contribution is 2.47. The Labute approximate surface area is 93.7 Å². The molecule has 1 heterocycles. The van der Waals surface area contributed by atoms with Crippen molar-refractivity contribution in [2.24, 2.45) is 0 Å². The van der Waals surface area contributed by atoms with Gasteiger partial charge >= 0.3 is 0 Å². The van der Waals surface area contributed by atoms with E-state index in [0.717, 1.165) is 11.4 Å². The van der Waals surface area contributed by atoms with Gasteiger partial charge in [0.1, 0.15) is 0 Å². The lowest BCUT2D eigenvalue weighted by Gasteiger charge is -2.28. The Morgan fingerprint density at radius 3 is 1.80 bits per heavy atom. The molecule has 0 atom stereocenters. The van der Waals surface area contributed by atoms with Crippen molar-refractivity contribution in [2.75, 3.05) is 4.90 Å². The summed E-state index contributed by atoms with van der Waals surface area (Å²) in [6, 6.07) is 16.4. The first kappa shape index (κ1) is 8.86. The number of nitrogens with zero attached hydrogens (tertiary/aromatic N) is 1. The van der Waals surface area contributed by atoms with E-state index in [0.29, 0.717) is 0 Å².